The fourth-order valence-electron chi connectivity index (χ4n) is 2.82. The van der Waals surface area contributed by atoms with Crippen molar-refractivity contribution in [1.82, 2.24) is 14.5 Å². The van der Waals surface area contributed by atoms with E-state index in [9.17, 15) is 14.4 Å². The van der Waals surface area contributed by atoms with Crippen LogP contribution in [0.25, 0.3) is 0 Å². The summed E-state index contributed by atoms with van der Waals surface area (Å²) >= 11 is 0. The number of Topliss-reactive ketones (excluding diaryl/α,β-unsaturated/α-hetero) is 1. The van der Waals surface area contributed by atoms with Crippen LogP contribution in [0.15, 0.2) is 15.8 Å². The number of rotatable bonds is 3. The van der Waals surface area contributed by atoms with E-state index in [0.717, 1.165) is 19.5 Å². The zero-order valence-electron chi connectivity index (χ0n) is 10.9. The van der Waals surface area contributed by atoms with Crippen LogP contribution in [0.5, 0.6) is 0 Å². The Hall–Kier alpha value is -1.69. The Morgan fingerprint density at radius 1 is 1.26 bits per heavy atom. The van der Waals surface area contributed by atoms with Crippen molar-refractivity contribution in [2.24, 2.45) is 0 Å². The predicted octanol–water partition coefficient (Wildman–Crippen LogP) is 0.148. The number of carbonyl (C=O) groups excluding carboxylic acids is 1. The Morgan fingerprint density at radius 2 is 2.00 bits per heavy atom. The molecule has 2 heterocycles. The minimum atomic E-state index is -0.459. The van der Waals surface area contributed by atoms with E-state index in [1.54, 1.807) is 0 Å². The number of hydrogen-bond acceptors (Lipinski definition) is 4. The first-order valence-corrected chi connectivity index (χ1v) is 6.67. The quantitative estimate of drug-likeness (QED) is 0.788. The second-order valence-electron chi connectivity index (χ2n) is 5.41. The van der Waals surface area contributed by atoms with Crippen molar-refractivity contribution >= 4 is 5.78 Å². The highest BCUT2D eigenvalue weighted by Gasteiger charge is 2.36. The summed E-state index contributed by atoms with van der Waals surface area (Å²) in [5, 5.41) is 0. The van der Waals surface area contributed by atoms with Gasteiger partial charge in [-0.05, 0) is 26.2 Å². The minimum Gasteiger partial charge on any atom is -0.313 e. The molecular weight excluding hydrogens is 246 g/mol. The highest BCUT2D eigenvalue weighted by molar-refractivity contribution is 5.93. The second kappa shape index (κ2) is 4.45. The number of hydrogen-bond donors (Lipinski definition) is 1. The monoisotopic (exact) mass is 263 g/mol. The van der Waals surface area contributed by atoms with Gasteiger partial charge in [0.15, 0.2) is 5.78 Å². The lowest BCUT2D eigenvalue weighted by molar-refractivity contribution is 0.101. The van der Waals surface area contributed by atoms with Crippen LogP contribution in [0.4, 0.5) is 0 Å². The van der Waals surface area contributed by atoms with Crippen LogP contribution in [-0.4, -0.2) is 39.4 Å². The number of aromatic nitrogens is 2. The van der Waals surface area contributed by atoms with Crippen molar-refractivity contribution < 1.29 is 4.79 Å². The lowest BCUT2D eigenvalue weighted by Gasteiger charge is -2.16. The maximum Gasteiger partial charge on any atom is 0.328 e. The fourth-order valence-corrected chi connectivity index (χ4v) is 2.82. The van der Waals surface area contributed by atoms with Crippen LogP contribution in [0.1, 0.15) is 42.6 Å². The van der Waals surface area contributed by atoms with Gasteiger partial charge in [0.2, 0.25) is 0 Å². The van der Waals surface area contributed by atoms with E-state index in [-0.39, 0.29) is 17.4 Å². The summed E-state index contributed by atoms with van der Waals surface area (Å²) in [6, 6.07) is 0.520. The average Bonchev–Trinajstić information content (AvgIpc) is 3.09. The van der Waals surface area contributed by atoms with Crippen LogP contribution < -0.4 is 11.2 Å². The van der Waals surface area contributed by atoms with Gasteiger partial charge in [-0.2, -0.15) is 0 Å². The van der Waals surface area contributed by atoms with Crippen LogP contribution >= 0.6 is 0 Å². The zero-order valence-corrected chi connectivity index (χ0v) is 10.9. The SMILES string of the molecule is CC(=O)c1c[nH]c(=O)n(C2CCN(C3CC3)C2)c1=O. The standard InChI is InChI=1S/C13H17N3O3/c1-8(17)11-6-14-13(19)16(12(11)18)10-4-5-15(7-10)9-2-3-9/h6,9-10H,2-5,7H2,1H3,(H,14,19). The van der Waals surface area contributed by atoms with E-state index >= 15 is 0 Å². The highest BCUT2D eigenvalue weighted by atomic mass is 16.2. The molecule has 1 aromatic rings. The summed E-state index contributed by atoms with van der Waals surface area (Å²) in [4.78, 5) is 40.3. The molecule has 1 atom stereocenters. The lowest BCUT2D eigenvalue weighted by Crippen LogP contribution is -2.41. The molecule has 6 nitrogen and oxygen atoms in total. The minimum absolute atomic E-state index is 0.0597. The second-order valence-corrected chi connectivity index (χ2v) is 5.41. The Morgan fingerprint density at radius 3 is 2.63 bits per heavy atom. The van der Waals surface area contributed by atoms with Gasteiger partial charge < -0.3 is 4.98 Å². The van der Waals surface area contributed by atoms with Crippen molar-refractivity contribution in [3.8, 4) is 0 Å². The molecule has 0 bridgehead atoms. The van der Waals surface area contributed by atoms with Crippen LogP contribution in [0.3, 0.4) is 0 Å². The van der Waals surface area contributed by atoms with Gasteiger partial charge in [0.05, 0.1) is 11.6 Å². The molecule has 1 aromatic heterocycles. The van der Waals surface area contributed by atoms with Crippen molar-refractivity contribution in [3.05, 3.63) is 32.6 Å². The number of carbonyl (C=O) groups is 1. The predicted molar refractivity (Wildman–Crippen MR) is 69.6 cm³/mol. The molecule has 2 aliphatic rings. The molecule has 1 N–H and O–H groups in total. The smallest absolute Gasteiger partial charge is 0.313 e. The van der Waals surface area contributed by atoms with Gasteiger partial charge in [-0.15, -0.1) is 0 Å². The Labute approximate surface area is 110 Å². The first-order chi connectivity index (χ1) is 9.08. The molecule has 1 aliphatic heterocycles. The van der Waals surface area contributed by atoms with Crippen LogP contribution in [-0.2, 0) is 0 Å². The third kappa shape index (κ3) is 2.16. The maximum absolute atomic E-state index is 12.2. The summed E-state index contributed by atoms with van der Waals surface area (Å²) in [6.07, 6.45) is 4.44. The molecule has 0 aromatic carbocycles. The lowest BCUT2D eigenvalue weighted by atomic mass is 10.2. The molecule has 0 amide bonds. The van der Waals surface area contributed by atoms with Gasteiger partial charge in [0.1, 0.15) is 0 Å². The number of likely N-dealkylation sites (tertiary alicyclic amines) is 1. The molecule has 0 spiro atoms. The molecule has 102 valence electrons. The number of nitrogens with one attached hydrogen (secondary N) is 1. The molecule has 0 radical (unpaired) electrons. The fraction of sp³-hybridized carbons (Fsp3) is 0.615. The van der Waals surface area contributed by atoms with E-state index in [1.807, 2.05) is 0 Å². The number of H-pyrrole nitrogens is 1. The van der Waals surface area contributed by atoms with Gasteiger partial charge in [0.25, 0.3) is 5.56 Å². The molecule has 2 fully saturated rings. The van der Waals surface area contributed by atoms with E-state index in [0.29, 0.717) is 6.04 Å². The average molecular weight is 263 g/mol. The van der Waals surface area contributed by atoms with Crippen LogP contribution in [0.2, 0.25) is 0 Å². The summed E-state index contributed by atoms with van der Waals surface area (Å²) in [5.74, 6) is -0.313. The van der Waals surface area contributed by atoms with Gasteiger partial charge in [-0.3, -0.25) is 19.1 Å². The Balaban J connectivity index is 1.96. The van der Waals surface area contributed by atoms with Gasteiger partial charge in [0, 0.05) is 25.3 Å². The van der Waals surface area contributed by atoms with E-state index < -0.39 is 11.2 Å². The highest BCUT2D eigenvalue weighted by Crippen LogP contribution is 2.32. The molecule has 1 saturated heterocycles. The third-order valence-electron chi connectivity index (χ3n) is 4.01. The largest absolute Gasteiger partial charge is 0.328 e. The Kier molecular flexibility index (Phi) is 2.89. The van der Waals surface area contributed by atoms with Crippen molar-refractivity contribution in [3.63, 3.8) is 0 Å². The zero-order chi connectivity index (χ0) is 13.6. The molecule has 1 aliphatic carbocycles. The summed E-state index contributed by atoms with van der Waals surface area (Å²) in [7, 11) is 0. The Bertz CT molecular complexity index is 627. The van der Waals surface area contributed by atoms with E-state index in [2.05, 4.69) is 9.88 Å². The number of nitrogens with zero attached hydrogens (tertiary/aromatic N) is 2. The summed E-state index contributed by atoms with van der Waals surface area (Å²) in [5.41, 5.74) is -0.819. The number of aromatic amines is 1. The number of ketones is 1. The van der Waals surface area contributed by atoms with E-state index in [4.69, 9.17) is 0 Å². The summed E-state index contributed by atoms with van der Waals surface area (Å²) < 4.78 is 1.22. The topological polar surface area (TPSA) is 75.2 Å². The van der Waals surface area contributed by atoms with Gasteiger partial charge >= 0.3 is 5.69 Å². The van der Waals surface area contributed by atoms with Crippen molar-refractivity contribution in [2.45, 2.75) is 38.3 Å². The van der Waals surface area contributed by atoms with Crippen molar-refractivity contribution in [2.75, 3.05) is 13.1 Å². The first kappa shape index (κ1) is 12.3. The first-order valence-electron chi connectivity index (χ1n) is 6.67. The summed E-state index contributed by atoms with van der Waals surface area (Å²) in [6.45, 7) is 2.99. The van der Waals surface area contributed by atoms with Crippen LogP contribution in [0, 0.1) is 0 Å². The van der Waals surface area contributed by atoms with Gasteiger partial charge in [-0.1, -0.05) is 0 Å². The molecule has 6 heteroatoms. The molecule has 19 heavy (non-hydrogen) atoms. The van der Waals surface area contributed by atoms with Gasteiger partial charge in [-0.25, -0.2) is 4.79 Å². The molecule has 1 saturated carbocycles. The molecular formula is C13H17N3O3. The molecule has 1 unspecified atom stereocenters. The third-order valence-corrected chi connectivity index (χ3v) is 4.01. The maximum atomic E-state index is 12.2. The van der Waals surface area contributed by atoms with Crippen molar-refractivity contribution in [1.29, 1.82) is 0 Å². The van der Waals surface area contributed by atoms with E-state index in [1.165, 1.54) is 30.5 Å². The molecule has 3 rings (SSSR count). The normalized spacial score (nSPS) is 23.7.